The average molecular weight is 495 g/mol. The summed E-state index contributed by atoms with van der Waals surface area (Å²) in [7, 11) is 0. The van der Waals surface area contributed by atoms with E-state index in [0.717, 1.165) is 49.4 Å². The van der Waals surface area contributed by atoms with Gasteiger partial charge in [0.05, 0.1) is 6.07 Å². The zero-order valence-corrected chi connectivity index (χ0v) is 20.6. The molecule has 1 aromatic heterocycles. The van der Waals surface area contributed by atoms with Crippen molar-refractivity contribution >= 4 is 40.1 Å². The third kappa shape index (κ3) is 4.81. The Balaban J connectivity index is 1.37. The fourth-order valence-corrected chi connectivity index (χ4v) is 6.54. The van der Waals surface area contributed by atoms with Crippen molar-refractivity contribution in [2.24, 2.45) is 11.3 Å². The van der Waals surface area contributed by atoms with Crippen molar-refractivity contribution in [3.8, 4) is 6.07 Å². The summed E-state index contributed by atoms with van der Waals surface area (Å²) in [5.74, 6) is -0.488. The van der Waals surface area contributed by atoms with Gasteiger partial charge in [0.2, 0.25) is 5.91 Å². The first-order valence-corrected chi connectivity index (χ1v) is 13.1. The number of Topliss-reactive ketones (excluding diaryl/α,β-unsaturated/α-hetero) is 1. The van der Waals surface area contributed by atoms with E-state index in [1.165, 1.54) is 6.42 Å². The minimum Gasteiger partial charge on any atom is -0.350 e. The summed E-state index contributed by atoms with van der Waals surface area (Å²) in [5.41, 5.74) is 1.15. The highest BCUT2D eigenvalue weighted by Gasteiger charge is 2.49. The highest BCUT2D eigenvalue weighted by Crippen LogP contribution is 2.46. The predicted molar refractivity (Wildman–Crippen MR) is 133 cm³/mol. The number of aromatic nitrogens is 1. The van der Waals surface area contributed by atoms with Gasteiger partial charge in [-0.1, -0.05) is 36.9 Å². The molecular formula is C27H31ClN4O3. The normalized spacial score (nSPS) is 24.6. The van der Waals surface area contributed by atoms with Crippen LogP contribution in [0.4, 0.5) is 0 Å². The minimum atomic E-state index is -0.732. The van der Waals surface area contributed by atoms with Gasteiger partial charge in [-0.25, -0.2) is 0 Å². The molecule has 2 N–H and O–H groups in total. The van der Waals surface area contributed by atoms with Crippen molar-refractivity contribution in [3.63, 3.8) is 0 Å². The molecule has 3 atom stereocenters. The first-order chi connectivity index (χ1) is 16.9. The van der Waals surface area contributed by atoms with Gasteiger partial charge in [-0.2, -0.15) is 5.26 Å². The second-order valence-electron chi connectivity index (χ2n) is 10.6. The van der Waals surface area contributed by atoms with Crippen LogP contribution in [0.25, 0.3) is 10.9 Å². The highest BCUT2D eigenvalue weighted by molar-refractivity contribution is 6.31. The van der Waals surface area contributed by atoms with E-state index in [4.69, 9.17) is 11.6 Å². The maximum absolute atomic E-state index is 13.7. The van der Waals surface area contributed by atoms with Gasteiger partial charge < -0.3 is 15.2 Å². The topological polar surface area (TPSA) is 106 Å². The van der Waals surface area contributed by atoms with Gasteiger partial charge in [0.1, 0.15) is 23.6 Å². The molecule has 2 heterocycles. The molecule has 184 valence electrons. The summed E-state index contributed by atoms with van der Waals surface area (Å²) < 4.78 is 0. The van der Waals surface area contributed by atoms with Gasteiger partial charge in [-0.15, -0.1) is 0 Å². The van der Waals surface area contributed by atoms with Crippen LogP contribution < -0.4 is 5.32 Å². The fourth-order valence-electron chi connectivity index (χ4n) is 6.37. The summed E-state index contributed by atoms with van der Waals surface area (Å²) in [6, 6.07) is 8.04. The summed E-state index contributed by atoms with van der Waals surface area (Å²) in [5, 5.41) is 14.0. The van der Waals surface area contributed by atoms with Crippen molar-refractivity contribution in [3.05, 3.63) is 35.0 Å². The van der Waals surface area contributed by atoms with E-state index in [-0.39, 0.29) is 28.9 Å². The molecule has 8 heteroatoms. The Morgan fingerprint density at radius 2 is 2.03 bits per heavy atom. The molecule has 2 aromatic rings. The van der Waals surface area contributed by atoms with Gasteiger partial charge in [-0.05, 0) is 62.1 Å². The number of rotatable bonds is 5. The molecule has 1 spiro atoms. The predicted octanol–water partition coefficient (Wildman–Crippen LogP) is 4.75. The van der Waals surface area contributed by atoms with Crippen molar-refractivity contribution in [1.82, 2.24) is 15.2 Å². The number of aromatic amines is 1. The van der Waals surface area contributed by atoms with Gasteiger partial charge in [0.25, 0.3) is 5.91 Å². The van der Waals surface area contributed by atoms with E-state index in [1.807, 2.05) is 6.07 Å². The number of amides is 2. The number of carbonyl (C=O) groups is 3. The van der Waals surface area contributed by atoms with Crippen molar-refractivity contribution < 1.29 is 14.4 Å². The lowest BCUT2D eigenvalue weighted by Gasteiger charge is -2.32. The van der Waals surface area contributed by atoms with Crippen LogP contribution in [-0.2, 0) is 9.59 Å². The van der Waals surface area contributed by atoms with Crippen LogP contribution in [0.1, 0.15) is 74.7 Å². The summed E-state index contributed by atoms with van der Waals surface area (Å²) in [4.78, 5) is 44.1. The van der Waals surface area contributed by atoms with E-state index in [1.54, 1.807) is 23.1 Å². The third-order valence-corrected chi connectivity index (χ3v) is 8.46. The molecule has 5 rings (SSSR count). The number of hydrogen-bond acceptors (Lipinski definition) is 4. The first kappa shape index (κ1) is 23.9. The molecule has 7 nitrogen and oxygen atoms in total. The third-order valence-electron chi connectivity index (χ3n) is 8.22. The number of benzene rings is 1. The second kappa shape index (κ2) is 9.66. The second-order valence-corrected chi connectivity index (χ2v) is 11.0. The number of carbonyl (C=O) groups excluding carboxylic acids is 3. The van der Waals surface area contributed by atoms with E-state index < -0.39 is 12.1 Å². The molecule has 2 saturated carbocycles. The van der Waals surface area contributed by atoms with Crippen molar-refractivity contribution in [1.29, 1.82) is 5.26 Å². The summed E-state index contributed by atoms with van der Waals surface area (Å²) in [6.45, 7) is 0.540. The SMILES string of the molecule is N#C[C@H](C[C@@H]1CCCC1=O)NC(=O)C1CC2(CCCCC2)CN1C(=O)c1cc2ccc(Cl)cc2[nH]1. The quantitative estimate of drug-likeness (QED) is 0.625. The monoisotopic (exact) mass is 494 g/mol. The van der Waals surface area contributed by atoms with Gasteiger partial charge in [-0.3, -0.25) is 14.4 Å². The zero-order valence-electron chi connectivity index (χ0n) is 19.8. The number of nitrogens with one attached hydrogen (secondary N) is 2. The van der Waals surface area contributed by atoms with Crippen LogP contribution in [-0.4, -0.2) is 46.1 Å². The standard InChI is InChI=1S/C27H31ClN4O3/c28-19-8-7-17-12-22(31-21(17)13-19)26(35)32-16-27(9-2-1-3-10-27)14-23(32)25(34)30-20(15-29)11-18-5-4-6-24(18)33/h7-8,12-13,18,20,23,31H,1-6,9-11,14,16H2,(H,30,34)/t18-,20-,23?/m0/s1. The van der Waals surface area contributed by atoms with Gasteiger partial charge in [0.15, 0.2) is 0 Å². The van der Waals surface area contributed by atoms with Crippen LogP contribution in [0.2, 0.25) is 5.02 Å². The maximum atomic E-state index is 13.7. The lowest BCUT2D eigenvalue weighted by Crippen LogP contribution is -2.49. The number of hydrogen-bond donors (Lipinski definition) is 2. The first-order valence-electron chi connectivity index (χ1n) is 12.7. The van der Waals surface area contributed by atoms with Crippen molar-refractivity contribution in [2.45, 2.75) is 76.3 Å². The van der Waals surface area contributed by atoms with Crippen LogP contribution >= 0.6 is 11.6 Å². The number of likely N-dealkylation sites (tertiary alicyclic amines) is 1. The van der Waals surface area contributed by atoms with E-state index in [2.05, 4.69) is 16.4 Å². The molecule has 0 radical (unpaired) electrons. The Morgan fingerprint density at radius 1 is 1.23 bits per heavy atom. The van der Waals surface area contributed by atoms with Crippen LogP contribution in [0, 0.1) is 22.7 Å². The fraction of sp³-hybridized carbons (Fsp3) is 0.556. The molecule has 1 saturated heterocycles. The molecule has 1 unspecified atom stereocenters. The van der Waals surface area contributed by atoms with Crippen LogP contribution in [0.5, 0.6) is 0 Å². The molecule has 2 amide bonds. The smallest absolute Gasteiger partial charge is 0.271 e. The van der Waals surface area contributed by atoms with Gasteiger partial charge in [0, 0.05) is 34.8 Å². The van der Waals surface area contributed by atoms with E-state index in [0.29, 0.717) is 36.5 Å². The lowest BCUT2D eigenvalue weighted by atomic mass is 9.72. The Kier molecular flexibility index (Phi) is 6.59. The molecule has 3 aliphatic rings. The Hall–Kier alpha value is -2.85. The molecule has 2 aliphatic carbocycles. The van der Waals surface area contributed by atoms with Gasteiger partial charge >= 0.3 is 0 Å². The minimum absolute atomic E-state index is 0.0607. The molecule has 35 heavy (non-hydrogen) atoms. The van der Waals surface area contributed by atoms with Crippen LogP contribution in [0.15, 0.2) is 24.3 Å². The number of halogens is 1. The molecule has 1 aromatic carbocycles. The number of H-pyrrole nitrogens is 1. The Bertz CT molecular complexity index is 1190. The highest BCUT2D eigenvalue weighted by atomic mass is 35.5. The van der Waals surface area contributed by atoms with Crippen molar-refractivity contribution in [2.75, 3.05) is 6.54 Å². The maximum Gasteiger partial charge on any atom is 0.271 e. The summed E-state index contributed by atoms with van der Waals surface area (Å²) in [6.07, 6.45) is 8.51. The Labute approximate surface area is 210 Å². The van der Waals surface area contributed by atoms with Crippen LogP contribution in [0.3, 0.4) is 0 Å². The number of nitriles is 1. The Morgan fingerprint density at radius 3 is 2.74 bits per heavy atom. The largest absolute Gasteiger partial charge is 0.350 e. The lowest BCUT2D eigenvalue weighted by molar-refractivity contribution is -0.126. The number of nitrogens with zero attached hydrogens (tertiary/aromatic N) is 2. The number of fused-ring (bicyclic) bond motifs is 1. The molecule has 1 aliphatic heterocycles. The molecule has 0 bridgehead atoms. The summed E-state index contributed by atoms with van der Waals surface area (Å²) >= 11 is 6.11. The molecular weight excluding hydrogens is 464 g/mol. The molecule has 3 fully saturated rings. The van der Waals surface area contributed by atoms with E-state index in [9.17, 15) is 19.6 Å². The number of ketones is 1. The van der Waals surface area contributed by atoms with E-state index >= 15 is 0 Å². The zero-order chi connectivity index (χ0) is 24.6. The average Bonchev–Trinajstić information content (AvgIpc) is 3.56.